The van der Waals surface area contributed by atoms with Gasteiger partial charge in [0.05, 0.1) is 9.95 Å². The number of carbonyl (C=O) groups excluding carboxylic acids is 1. The van der Waals surface area contributed by atoms with Crippen LogP contribution >= 0.6 is 11.6 Å². The molecule has 2 aromatic rings. The predicted molar refractivity (Wildman–Crippen MR) is 70.0 cm³/mol. The van der Waals surface area contributed by atoms with Gasteiger partial charge in [-0.05, 0) is 24.3 Å². The highest BCUT2D eigenvalue weighted by molar-refractivity contribution is 6.32. The van der Waals surface area contributed by atoms with E-state index in [1.165, 1.54) is 24.3 Å². The third kappa shape index (κ3) is 2.75. The van der Waals surface area contributed by atoms with E-state index in [9.17, 15) is 19.3 Å². The first-order valence-corrected chi connectivity index (χ1v) is 5.76. The second-order valence-electron chi connectivity index (χ2n) is 3.75. The monoisotopic (exact) mass is 295 g/mol. The molecule has 0 heterocycles. The summed E-state index contributed by atoms with van der Waals surface area (Å²) in [4.78, 5) is 20.6. The maximum atomic E-state index is 13.6. The molecule has 0 saturated carbocycles. The van der Waals surface area contributed by atoms with Crippen LogP contribution in [0.1, 0.15) is 10.4 Å². The summed E-state index contributed by atoms with van der Waals surface area (Å²) in [6.45, 7) is 0. The molecule has 5 nitrogen and oxygen atoms in total. The van der Waals surface area contributed by atoms with Gasteiger partial charge in [-0.15, -0.1) is 0 Å². The summed E-state index contributed by atoms with van der Waals surface area (Å²) >= 11 is 5.87. The average molecular weight is 296 g/mol. The van der Waals surface area contributed by atoms with Crippen LogP contribution in [0.4, 0.5) is 10.1 Å². The Morgan fingerprint density at radius 3 is 2.65 bits per heavy atom. The summed E-state index contributed by atoms with van der Waals surface area (Å²) in [7, 11) is 0. The zero-order valence-corrected chi connectivity index (χ0v) is 10.6. The van der Waals surface area contributed by atoms with E-state index in [0.29, 0.717) is 11.8 Å². The van der Waals surface area contributed by atoms with Crippen LogP contribution in [0.3, 0.4) is 0 Å². The van der Waals surface area contributed by atoms with Crippen molar-refractivity contribution < 1.29 is 18.8 Å². The summed E-state index contributed by atoms with van der Waals surface area (Å²) in [6.07, 6.45) is 0.585. The first-order chi connectivity index (χ1) is 9.52. The number of nitrogens with zero attached hydrogens (tertiary/aromatic N) is 1. The van der Waals surface area contributed by atoms with E-state index >= 15 is 0 Å². The molecule has 2 rings (SSSR count). The Morgan fingerprint density at radius 1 is 1.30 bits per heavy atom. The lowest BCUT2D eigenvalue weighted by Gasteiger charge is -2.09. The molecule has 102 valence electrons. The highest BCUT2D eigenvalue weighted by Gasteiger charge is 2.21. The minimum Gasteiger partial charge on any atom is -0.446 e. The summed E-state index contributed by atoms with van der Waals surface area (Å²) in [6, 6.07) is 7.42. The number of halogens is 2. The molecule has 7 heteroatoms. The Bertz CT molecular complexity index is 690. The van der Waals surface area contributed by atoms with Crippen molar-refractivity contribution >= 4 is 23.6 Å². The Kier molecular flexibility index (Phi) is 3.95. The van der Waals surface area contributed by atoms with E-state index in [1.807, 2.05) is 0 Å². The molecule has 0 radical (unpaired) electrons. The van der Waals surface area contributed by atoms with Crippen molar-refractivity contribution in [2.45, 2.75) is 0 Å². The molecule has 0 bridgehead atoms. The number of nitro benzene ring substituents is 1. The van der Waals surface area contributed by atoms with Gasteiger partial charge in [0.15, 0.2) is 5.82 Å². The summed E-state index contributed by atoms with van der Waals surface area (Å²) < 4.78 is 18.8. The molecule has 20 heavy (non-hydrogen) atoms. The van der Waals surface area contributed by atoms with Gasteiger partial charge in [0.2, 0.25) is 5.75 Å². The quantitative estimate of drug-likeness (QED) is 0.486. The summed E-state index contributed by atoms with van der Waals surface area (Å²) in [5, 5.41) is 10.9. The van der Waals surface area contributed by atoms with Gasteiger partial charge in [0.1, 0.15) is 12.0 Å². The Morgan fingerprint density at radius 2 is 2.05 bits per heavy atom. The topological polar surface area (TPSA) is 69.4 Å². The van der Waals surface area contributed by atoms with Gasteiger partial charge in [-0.3, -0.25) is 14.9 Å². The van der Waals surface area contributed by atoms with E-state index in [-0.39, 0.29) is 10.8 Å². The normalized spacial score (nSPS) is 10.1. The molecule has 0 aliphatic rings. The number of para-hydroxylation sites is 1. The highest BCUT2D eigenvalue weighted by atomic mass is 35.5. The summed E-state index contributed by atoms with van der Waals surface area (Å²) in [5.74, 6) is -1.39. The zero-order chi connectivity index (χ0) is 14.7. The molecule has 0 aliphatic carbocycles. The van der Waals surface area contributed by atoms with Crippen LogP contribution < -0.4 is 4.74 Å². The van der Waals surface area contributed by atoms with Gasteiger partial charge < -0.3 is 4.74 Å². The maximum absolute atomic E-state index is 13.6. The van der Waals surface area contributed by atoms with Crippen molar-refractivity contribution in [1.29, 1.82) is 0 Å². The minimum atomic E-state index is -0.880. The van der Waals surface area contributed by atoms with E-state index in [4.69, 9.17) is 16.3 Å². The average Bonchev–Trinajstić information content (AvgIpc) is 2.42. The van der Waals surface area contributed by atoms with Gasteiger partial charge >= 0.3 is 5.69 Å². The Labute approximate surface area is 117 Å². The van der Waals surface area contributed by atoms with Gasteiger partial charge in [-0.25, -0.2) is 4.39 Å². The first kappa shape index (κ1) is 14.0. The Balaban J connectivity index is 2.44. The number of ether oxygens (including phenoxy) is 1. The van der Waals surface area contributed by atoms with Gasteiger partial charge in [0, 0.05) is 11.6 Å². The third-order valence-electron chi connectivity index (χ3n) is 2.45. The number of rotatable bonds is 4. The molecule has 0 amide bonds. The molecule has 0 fully saturated rings. The van der Waals surface area contributed by atoms with Crippen LogP contribution in [0.25, 0.3) is 0 Å². The zero-order valence-electron chi connectivity index (χ0n) is 9.88. The second kappa shape index (κ2) is 5.66. The van der Waals surface area contributed by atoms with Crippen molar-refractivity contribution in [1.82, 2.24) is 0 Å². The molecule has 0 unspecified atom stereocenters. The predicted octanol–water partition coefficient (Wildman–Crippen LogP) is 3.99. The maximum Gasteiger partial charge on any atom is 0.314 e. The smallest absolute Gasteiger partial charge is 0.314 e. The lowest BCUT2D eigenvalue weighted by Crippen LogP contribution is -1.96. The van der Waals surface area contributed by atoms with Gasteiger partial charge in [-0.2, -0.15) is 0 Å². The van der Waals surface area contributed by atoms with Crippen LogP contribution in [-0.2, 0) is 0 Å². The van der Waals surface area contributed by atoms with Crippen LogP contribution in [0, 0.1) is 15.9 Å². The lowest BCUT2D eigenvalue weighted by atomic mass is 10.2. The number of aldehydes is 1. The van der Waals surface area contributed by atoms with Crippen molar-refractivity contribution in [3.63, 3.8) is 0 Å². The molecular weight excluding hydrogens is 289 g/mol. The molecule has 2 aromatic carbocycles. The minimum absolute atomic E-state index is 0.0190. The van der Waals surface area contributed by atoms with E-state index in [2.05, 4.69) is 0 Å². The fourth-order valence-electron chi connectivity index (χ4n) is 1.53. The van der Waals surface area contributed by atoms with Crippen molar-refractivity contribution in [2.24, 2.45) is 0 Å². The van der Waals surface area contributed by atoms with Gasteiger partial charge in [0.25, 0.3) is 0 Å². The van der Waals surface area contributed by atoms with Gasteiger partial charge in [-0.1, -0.05) is 17.7 Å². The Hall–Kier alpha value is -2.47. The molecule has 0 N–H and O–H groups in total. The largest absolute Gasteiger partial charge is 0.446 e. The van der Waals surface area contributed by atoms with Crippen LogP contribution in [-0.4, -0.2) is 11.2 Å². The first-order valence-electron chi connectivity index (χ1n) is 5.38. The van der Waals surface area contributed by atoms with E-state index < -0.39 is 22.2 Å². The number of benzene rings is 2. The number of nitro groups is 1. The molecule has 0 atom stereocenters. The lowest BCUT2D eigenvalue weighted by molar-refractivity contribution is -0.385. The molecule has 0 aliphatic heterocycles. The highest BCUT2D eigenvalue weighted by Crippen LogP contribution is 2.36. The number of carbonyl (C=O) groups is 1. The SMILES string of the molecule is O=Cc1ccc(Oc2c(F)cccc2[N+](=O)[O-])c(Cl)c1. The molecule has 0 spiro atoms. The van der Waals surface area contributed by atoms with Crippen LogP contribution in [0.2, 0.25) is 5.02 Å². The number of hydrogen-bond donors (Lipinski definition) is 0. The van der Waals surface area contributed by atoms with E-state index in [0.717, 1.165) is 12.1 Å². The van der Waals surface area contributed by atoms with Crippen LogP contribution in [0.15, 0.2) is 36.4 Å². The van der Waals surface area contributed by atoms with Crippen molar-refractivity contribution in [3.8, 4) is 11.5 Å². The summed E-state index contributed by atoms with van der Waals surface area (Å²) in [5.41, 5.74) is -0.203. The van der Waals surface area contributed by atoms with Crippen molar-refractivity contribution in [2.75, 3.05) is 0 Å². The molecule has 0 aromatic heterocycles. The molecular formula is C13H7ClFNO4. The third-order valence-corrected chi connectivity index (χ3v) is 2.74. The van der Waals surface area contributed by atoms with E-state index in [1.54, 1.807) is 0 Å². The fraction of sp³-hybridized carbons (Fsp3) is 0. The number of hydrogen-bond acceptors (Lipinski definition) is 4. The van der Waals surface area contributed by atoms with Crippen molar-refractivity contribution in [3.05, 3.63) is 62.9 Å². The second-order valence-corrected chi connectivity index (χ2v) is 4.16. The van der Waals surface area contributed by atoms with Crippen LogP contribution in [0.5, 0.6) is 11.5 Å². The fourth-order valence-corrected chi connectivity index (χ4v) is 1.75. The molecule has 0 saturated heterocycles. The standard InChI is InChI=1S/C13H7ClFNO4/c14-9-6-8(7-17)4-5-12(9)20-13-10(15)2-1-3-11(13)16(18)19/h1-7H.